The van der Waals surface area contributed by atoms with Crippen molar-refractivity contribution in [1.82, 2.24) is 15.3 Å². The second-order valence-electron chi connectivity index (χ2n) is 4.83. The minimum atomic E-state index is -0.176. The van der Waals surface area contributed by atoms with Crippen molar-refractivity contribution in [1.29, 1.82) is 0 Å². The Balaban J connectivity index is 1.92. The fourth-order valence-corrected chi connectivity index (χ4v) is 2.56. The number of ether oxygens (including phenoxy) is 2. The van der Waals surface area contributed by atoms with Crippen LogP contribution in [0.4, 0.5) is 0 Å². The highest BCUT2D eigenvalue weighted by atomic mass is 16.5. The Hall–Kier alpha value is -0.910. The summed E-state index contributed by atoms with van der Waals surface area (Å²) in [7, 11) is 3.49. The molecule has 0 aliphatic heterocycles. The Morgan fingerprint density at radius 2 is 2.17 bits per heavy atom. The van der Waals surface area contributed by atoms with E-state index >= 15 is 0 Å². The average Bonchev–Trinajstić information content (AvgIpc) is 3.04. The number of imidazole rings is 1. The van der Waals surface area contributed by atoms with Gasteiger partial charge in [-0.15, -0.1) is 0 Å². The molecule has 0 atom stereocenters. The van der Waals surface area contributed by atoms with E-state index in [-0.39, 0.29) is 5.60 Å². The van der Waals surface area contributed by atoms with Crippen molar-refractivity contribution in [3.8, 4) is 0 Å². The third kappa shape index (κ3) is 2.91. The summed E-state index contributed by atoms with van der Waals surface area (Å²) in [6.45, 7) is 2.36. The molecule has 1 fully saturated rings. The highest BCUT2D eigenvalue weighted by Gasteiger charge is 2.38. The lowest BCUT2D eigenvalue weighted by Crippen LogP contribution is -2.26. The first kappa shape index (κ1) is 13.5. The van der Waals surface area contributed by atoms with E-state index in [0.29, 0.717) is 0 Å². The molecule has 1 aromatic heterocycles. The topological polar surface area (TPSA) is 59.2 Å². The van der Waals surface area contributed by atoms with Gasteiger partial charge in [0.25, 0.3) is 0 Å². The summed E-state index contributed by atoms with van der Waals surface area (Å²) in [4.78, 5) is 7.87. The van der Waals surface area contributed by atoms with E-state index in [0.717, 1.165) is 44.1 Å². The fraction of sp³-hybridized carbons (Fsp3) is 0.769. The number of hydrogen-bond acceptors (Lipinski definition) is 4. The Morgan fingerprint density at radius 3 is 2.83 bits per heavy atom. The van der Waals surface area contributed by atoms with Crippen LogP contribution in [-0.2, 0) is 21.6 Å². The minimum Gasteiger partial charge on any atom is -0.383 e. The van der Waals surface area contributed by atoms with Crippen molar-refractivity contribution >= 4 is 0 Å². The lowest BCUT2D eigenvalue weighted by atomic mass is 10.0. The molecule has 2 rings (SSSR count). The molecule has 0 saturated heterocycles. The Labute approximate surface area is 108 Å². The van der Waals surface area contributed by atoms with Gasteiger partial charge in [-0.3, -0.25) is 0 Å². The normalized spacial score (nSPS) is 18.3. The van der Waals surface area contributed by atoms with E-state index in [1.807, 2.05) is 6.20 Å². The zero-order valence-electron chi connectivity index (χ0n) is 11.3. The van der Waals surface area contributed by atoms with Gasteiger partial charge in [-0.2, -0.15) is 0 Å². The lowest BCUT2D eigenvalue weighted by Gasteiger charge is -2.24. The van der Waals surface area contributed by atoms with Crippen LogP contribution in [0.5, 0.6) is 0 Å². The van der Waals surface area contributed by atoms with Gasteiger partial charge in [0.2, 0.25) is 0 Å². The molecule has 18 heavy (non-hydrogen) atoms. The van der Waals surface area contributed by atoms with E-state index in [4.69, 9.17) is 9.47 Å². The van der Waals surface area contributed by atoms with E-state index in [1.165, 1.54) is 12.8 Å². The third-order valence-electron chi connectivity index (χ3n) is 3.66. The van der Waals surface area contributed by atoms with E-state index in [2.05, 4.69) is 15.3 Å². The molecule has 1 aromatic rings. The molecule has 0 radical (unpaired) electrons. The van der Waals surface area contributed by atoms with E-state index < -0.39 is 0 Å². The molecular formula is C13H23N3O2. The molecule has 0 bridgehead atoms. The number of rotatable bonds is 7. The molecule has 1 aliphatic rings. The number of aromatic nitrogens is 2. The lowest BCUT2D eigenvalue weighted by molar-refractivity contribution is -0.0157. The molecule has 102 valence electrons. The van der Waals surface area contributed by atoms with Crippen molar-refractivity contribution in [2.24, 2.45) is 0 Å². The summed E-state index contributed by atoms with van der Waals surface area (Å²) < 4.78 is 10.7. The summed E-state index contributed by atoms with van der Waals surface area (Å²) in [5.41, 5.74) is 0.926. The first-order valence-electron chi connectivity index (χ1n) is 6.60. The molecule has 1 aliphatic carbocycles. The molecule has 5 heteroatoms. The van der Waals surface area contributed by atoms with Crippen molar-refractivity contribution in [2.75, 3.05) is 27.4 Å². The zero-order valence-corrected chi connectivity index (χ0v) is 11.3. The SMILES string of the molecule is COCCNCc1cnc(C2(OC)CCCC2)[nH]1. The summed E-state index contributed by atoms with van der Waals surface area (Å²) >= 11 is 0. The molecule has 5 nitrogen and oxygen atoms in total. The average molecular weight is 253 g/mol. The van der Waals surface area contributed by atoms with E-state index in [9.17, 15) is 0 Å². The largest absolute Gasteiger partial charge is 0.383 e. The number of hydrogen-bond donors (Lipinski definition) is 2. The number of nitrogens with one attached hydrogen (secondary N) is 2. The Bertz CT molecular complexity index is 359. The van der Waals surface area contributed by atoms with Crippen LogP contribution in [-0.4, -0.2) is 37.3 Å². The highest BCUT2D eigenvalue weighted by molar-refractivity contribution is 5.10. The quantitative estimate of drug-likeness (QED) is 0.724. The Morgan fingerprint density at radius 1 is 1.39 bits per heavy atom. The van der Waals surface area contributed by atoms with Crippen LogP contribution in [0.15, 0.2) is 6.20 Å². The first-order valence-corrected chi connectivity index (χ1v) is 6.60. The number of nitrogens with zero attached hydrogens (tertiary/aromatic N) is 1. The fourth-order valence-electron chi connectivity index (χ4n) is 2.56. The van der Waals surface area contributed by atoms with Gasteiger partial charge in [-0.1, -0.05) is 0 Å². The summed E-state index contributed by atoms with van der Waals surface area (Å²) in [6.07, 6.45) is 6.46. The van der Waals surface area contributed by atoms with Gasteiger partial charge in [-0.05, 0) is 25.7 Å². The first-order chi connectivity index (χ1) is 8.80. The number of aromatic amines is 1. The van der Waals surface area contributed by atoms with Crippen LogP contribution < -0.4 is 5.32 Å². The van der Waals surface area contributed by atoms with E-state index in [1.54, 1.807) is 14.2 Å². The van der Waals surface area contributed by atoms with Gasteiger partial charge in [0, 0.05) is 39.2 Å². The molecule has 0 unspecified atom stereocenters. The van der Waals surface area contributed by atoms with Crippen LogP contribution in [0.25, 0.3) is 0 Å². The molecule has 0 amide bonds. The van der Waals surface area contributed by atoms with Crippen molar-refractivity contribution in [2.45, 2.75) is 37.8 Å². The summed E-state index contributed by atoms with van der Waals surface area (Å²) in [6, 6.07) is 0. The molecular weight excluding hydrogens is 230 g/mol. The molecule has 0 spiro atoms. The zero-order chi connectivity index (χ0) is 12.8. The van der Waals surface area contributed by atoms with Gasteiger partial charge in [-0.25, -0.2) is 4.98 Å². The van der Waals surface area contributed by atoms with Crippen molar-refractivity contribution in [3.63, 3.8) is 0 Å². The second kappa shape index (κ2) is 6.31. The smallest absolute Gasteiger partial charge is 0.138 e. The van der Waals surface area contributed by atoms with Crippen LogP contribution in [0, 0.1) is 0 Å². The summed E-state index contributed by atoms with van der Waals surface area (Å²) in [5, 5.41) is 3.30. The van der Waals surface area contributed by atoms with Crippen molar-refractivity contribution in [3.05, 3.63) is 17.7 Å². The van der Waals surface area contributed by atoms with Gasteiger partial charge in [0.1, 0.15) is 11.4 Å². The standard InChI is InChI=1S/C13H23N3O2/c1-17-8-7-14-9-11-10-15-12(16-11)13(18-2)5-3-4-6-13/h10,14H,3-9H2,1-2H3,(H,15,16). The van der Waals surface area contributed by atoms with Crippen LogP contribution in [0.3, 0.4) is 0 Å². The third-order valence-corrected chi connectivity index (χ3v) is 3.66. The van der Waals surface area contributed by atoms with Crippen LogP contribution >= 0.6 is 0 Å². The van der Waals surface area contributed by atoms with Gasteiger partial charge >= 0.3 is 0 Å². The predicted molar refractivity (Wildman–Crippen MR) is 69.3 cm³/mol. The monoisotopic (exact) mass is 253 g/mol. The highest BCUT2D eigenvalue weighted by Crippen LogP contribution is 2.39. The maximum absolute atomic E-state index is 5.71. The van der Waals surface area contributed by atoms with Gasteiger partial charge in [0.05, 0.1) is 6.61 Å². The van der Waals surface area contributed by atoms with Crippen LogP contribution in [0.1, 0.15) is 37.2 Å². The molecule has 2 N–H and O–H groups in total. The maximum atomic E-state index is 5.71. The second-order valence-corrected chi connectivity index (χ2v) is 4.83. The number of methoxy groups -OCH3 is 2. The maximum Gasteiger partial charge on any atom is 0.138 e. The molecule has 1 heterocycles. The summed E-state index contributed by atoms with van der Waals surface area (Å²) in [5.74, 6) is 0.978. The number of H-pyrrole nitrogens is 1. The van der Waals surface area contributed by atoms with Crippen LogP contribution in [0.2, 0.25) is 0 Å². The van der Waals surface area contributed by atoms with Gasteiger partial charge < -0.3 is 19.8 Å². The minimum absolute atomic E-state index is 0.176. The molecule has 0 aromatic carbocycles. The van der Waals surface area contributed by atoms with Gasteiger partial charge in [0.15, 0.2) is 0 Å². The van der Waals surface area contributed by atoms with Crippen molar-refractivity contribution < 1.29 is 9.47 Å². The Kier molecular flexibility index (Phi) is 4.74. The molecule has 1 saturated carbocycles. The predicted octanol–water partition coefficient (Wildman–Crippen LogP) is 1.56.